The molecular formula is C15H16N2O3. The molecular weight excluding hydrogens is 256 g/mol. The van der Waals surface area contributed by atoms with Gasteiger partial charge in [0.2, 0.25) is 0 Å². The van der Waals surface area contributed by atoms with E-state index >= 15 is 0 Å². The minimum Gasteiger partial charge on any atom is -0.493 e. The molecule has 104 valence electrons. The van der Waals surface area contributed by atoms with E-state index in [1.165, 1.54) is 25.2 Å². The summed E-state index contributed by atoms with van der Waals surface area (Å²) in [6.45, 7) is 1.36. The fraction of sp³-hybridized carbons (Fsp3) is 0.333. The van der Waals surface area contributed by atoms with Gasteiger partial charge in [0.15, 0.2) is 0 Å². The molecule has 1 saturated carbocycles. The molecule has 1 N–H and O–H groups in total. The summed E-state index contributed by atoms with van der Waals surface area (Å²) in [6, 6.07) is 7.84. The van der Waals surface area contributed by atoms with Crippen molar-refractivity contribution in [1.82, 2.24) is 9.78 Å². The third kappa shape index (κ3) is 3.17. The molecule has 0 spiro atoms. The second-order valence-electron chi connectivity index (χ2n) is 5.13. The first-order valence-corrected chi connectivity index (χ1v) is 6.68. The fourth-order valence-corrected chi connectivity index (χ4v) is 1.94. The molecule has 5 nitrogen and oxygen atoms in total. The molecule has 0 unspecified atom stereocenters. The minimum absolute atomic E-state index is 0.203. The fourth-order valence-electron chi connectivity index (χ4n) is 1.94. The summed E-state index contributed by atoms with van der Waals surface area (Å²) in [5, 5.41) is 12.9. The zero-order chi connectivity index (χ0) is 13.9. The minimum atomic E-state index is -0.958. The molecule has 0 amide bonds. The molecule has 2 aromatic rings. The van der Waals surface area contributed by atoms with E-state index in [1.807, 2.05) is 24.3 Å². The van der Waals surface area contributed by atoms with Crippen molar-refractivity contribution in [2.24, 2.45) is 5.92 Å². The Hall–Kier alpha value is -2.30. The van der Waals surface area contributed by atoms with E-state index in [0.717, 1.165) is 23.8 Å². The second kappa shape index (κ2) is 5.36. The van der Waals surface area contributed by atoms with Gasteiger partial charge in [0.1, 0.15) is 5.75 Å². The van der Waals surface area contributed by atoms with Gasteiger partial charge in [-0.15, -0.1) is 0 Å². The molecule has 1 aromatic heterocycles. The van der Waals surface area contributed by atoms with Crippen molar-refractivity contribution < 1.29 is 14.6 Å². The highest BCUT2D eigenvalue weighted by Gasteiger charge is 2.21. The van der Waals surface area contributed by atoms with Crippen molar-refractivity contribution in [3.05, 3.63) is 47.8 Å². The van der Waals surface area contributed by atoms with Gasteiger partial charge >= 0.3 is 5.97 Å². The van der Waals surface area contributed by atoms with Gasteiger partial charge in [-0.2, -0.15) is 5.10 Å². The lowest BCUT2D eigenvalue weighted by Crippen LogP contribution is -2.01. The molecule has 0 bridgehead atoms. The van der Waals surface area contributed by atoms with E-state index in [2.05, 4.69) is 5.10 Å². The third-order valence-electron chi connectivity index (χ3n) is 3.33. The molecule has 3 rings (SSSR count). The van der Waals surface area contributed by atoms with Gasteiger partial charge in [0, 0.05) is 6.20 Å². The third-order valence-corrected chi connectivity index (χ3v) is 3.33. The van der Waals surface area contributed by atoms with Crippen LogP contribution in [0.1, 0.15) is 28.8 Å². The number of ether oxygens (including phenoxy) is 1. The van der Waals surface area contributed by atoms with Crippen LogP contribution >= 0.6 is 0 Å². The number of hydrogen-bond acceptors (Lipinski definition) is 3. The van der Waals surface area contributed by atoms with Crippen LogP contribution in [0.25, 0.3) is 0 Å². The molecule has 1 heterocycles. The number of aromatic carboxylic acids is 1. The highest BCUT2D eigenvalue weighted by atomic mass is 16.5. The Morgan fingerprint density at radius 2 is 2.10 bits per heavy atom. The molecule has 0 radical (unpaired) electrons. The first kappa shape index (κ1) is 12.7. The SMILES string of the molecule is O=C(O)c1cnn(Cc2ccc(OCC3CC3)cc2)c1. The molecule has 0 atom stereocenters. The first-order chi connectivity index (χ1) is 9.70. The Kier molecular flexibility index (Phi) is 3.41. The monoisotopic (exact) mass is 272 g/mol. The average molecular weight is 272 g/mol. The van der Waals surface area contributed by atoms with Crippen molar-refractivity contribution in [3.63, 3.8) is 0 Å². The number of aromatic nitrogens is 2. The Morgan fingerprint density at radius 3 is 2.70 bits per heavy atom. The van der Waals surface area contributed by atoms with Crippen molar-refractivity contribution >= 4 is 5.97 Å². The zero-order valence-corrected chi connectivity index (χ0v) is 11.0. The van der Waals surface area contributed by atoms with Crippen molar-refractivity contribution in [2.75, 3.05) is 6.61 Å². The lowest BCUT2D eigenvalue weighted by Gasteiger charge is -2.06. The predicted molar refractivity (Wildman–Crippen MR) is 72.9 cm³/mol. The van der Waals surface area contributed by atoms with Crippen molar-refractivity contribution in [3.8, 4) is 5.75 Å². The van der Waals surface area contributed by atoms with Crippen LogP contribution in [0.15, 0.2) is 36.7 Å². The largest absolute Gasteiger partial charge is 0.493 e. The maximum absolute atomic E-state index is 10.8. The molecule has 20 heavy (non-hydrogen) atoms. The molecule has 5 heteroatoms. The van der Waals surface area contributed by atoms with Crippen LogP contribution in [0.4, 0.5) is 0 Å². The standard InChI is InChI=1S/C15H16N2O3/c18-15(19)13-7-16-17(9-13)8-11-3-5-14(6-4-11)20-10-12-1-2-12/h3-7,9,12H,1-2,8,10H2,(H,18,19). The number of carboxylic acids is 1. The Balaban J connectivity index is 1.59. The normalized spacial score (nSPS) is 14.2. The summed E-state index contributed by atoms with van der Waals surface area (Å²) < 4.78 is 7.29. The van der Waals surface area contributed by atoms with Crippen LogP contribution in [0.3, 0.4) is 0 Å². The lowest BCUT2D eigenvalue weighted by molar-refractivity contribution is 0.0697. The predicted octanol–water partition coefficient (Wildman–Crippen LogP) is 2.42. The Labute approximate surface area is 116 Å². The quantitative estimate of drug-likeness (QED) is 0.877. The molecule has 1 fully saturated rings. The number of hydrogen-bond donors (Lipinski definition) is 1. The molecule has 1 aliphatic rings. The highest BCUT2D eigenvalue weighted by Crippen LogP contribution is 2.29. The summed E-state index contributed by atoms with van der Waals surface area (Å²) in [5.41, 5.74) is 1.26. The van der Waals surface area contributed by atoms with E-state index in [0.29, 0.717) is 6.54 Å². The molecule has 1 aromatic carbocycles. The smallest absolute Gasteiger partial charge is 0.338 e. The summed E-state index contributed by atoms with van der Waals surface area (Å²) in [5.74, 6) is 0.667. The number of carboxylic acid groups (broad SMARTS) is 1. The number of nitrogens with zero attached hydrogens (tertiary/aromatic N) is 2. The van der Waals surface area contributed by atoms with Gasteiger partial charge in [0.25, 0.3) is 0 Å². The van der Waals surface area contributed by atoms with Crippen LogP contribution in [0.2, 0.25) is 0 Å². The van der Waals surface area contributed by atoms with Crippen LogP contribution in [-0.4, -0.2) is 27.5 Å². The summed E-state index contributed by atoms with van der Waals surface area (Å²) >= 11 is 0. The summed E-state index contributed by atoms with van der Waals surface area (Å²) in [6.07, 6.45) is 5.45. The first-order valence-electron chi connectivity index (χ1n) is 6.68. The average Bonchev–Trinajstić information content (AvgIpc) is 3.15. The van der Waals surface area contributed by atoms with Gasteiger partial charge in [-0.25, -0.2) is 4.79 Å². The van der Waals surface area contributed by atoms with Crippen molar-refractivity contribution in [1.29, 1.82) is 0 Å². The van der Waals surface area contributed by atoms with Crippen molar-refractivity contribution in [2.45, 2.75) is 19.4 Å². The van der Waals surface area contributed by atoms with Crippen LogP contribution < -0.4 is 4.74 Å². The van der Waals surface area contributed by atoms with E-state index < -0.39 is 5.97 Å². The van der Waals surface area contributed by atoms with Crippen LogP contribution in [-0.2, 0) is 6.54 Å². The maximum Gasteiger partial charge on any atom is 0.338 e. The highest BCUT2D eigenvalue weighted by molar-refractivity contribution is 5.86. The Morgan fingerprint density at radius 1 is 1.35 bits per heavy atom. The summed E-state index contributed by atoms with van der Waals surface area (Å²) in [7, 11) is 0. The van der Waals surface area contributed by atoms with Gasteiger partial charge in [0.05, 0.1) is 24.9 Å². The van der Waals surface area contributed by atoms with E-state index in [-0.39, 0.29) is 5.56 Å². The number of benzene rings is 1. The topological polar surface area (TPSA) is 64.3 Å². The van der Waals surface area contributed by atoms with E-state index in [4.69, 9.17) is 9.84 Å². The van der Waals surface area contributed by atoms with Gasteiger partial charge < -0.3 is 9.84 Å². The van der Waals surface area contributed by atoms with Gasteiger partial charge in [-0.1, -0.05) is 12.1 Å². The van der Waals surface area contributed by atoms with Gasteiger partial charge in [-0.05, 0) is 36.5 Å². The molecule has 1 aliphatic carbocycles. The second-order valence-corrected chi connectivity index (χ2v) is 5.13. The Bertz CT molecular complexity index is 600. The van der Waals surface area contributed by atoms with E-state index in [9.17, 15) is 4.79 Å². The summed E-state index contributed by atoms with van der Waals surface area (Å²) in [4.78, 5) is 10.8. The maximum atomic E-state index is 10.8. The number of carbonyl (C=O) groups is 1. The molecule has 0 aliphatic heterocycles. The van der Waals surface area contributed by atoms with E-state index in [1.54, 1.807) is 4.68 Å². The molecule has 0 saturated heterocycles. The zero-order valence-electron chi connectivity index (χ0n) is 11.0. The number of rotatable bonds is 6. The lowest BCUT2D eigenvalue weighted by atomic mass is 10.2. The van der Waals surface area contributed by atoms with Crippen LogP contribution in [0.5, 0.6) is 5.75 Å². The van der Waals surface area contributed by atoms with Gasteiger partial charge in [-0.3, -0.25) is 4.68 Å². The van der Waals surface area contributed by atoms with Crippen LogP contribution in [0, 0.1) is 5.92 Å².